The Morgan fingerprint density at radius 2 is 2.12 bits per heavy atom. The van der Waals surface area contributed by atoms with Crippen LogP contribution in [-0.2, 0) is 0 Å². The van der Waals surface area contributed by atoms with Gasteiger partial charge in [-0.05, 0) is 40.2 Å². The van der Waals surface area contributed by atoms with E-state index in [1.807, 2.05) is 0 Å². The van der Waals surface area contributed by atoms with Gasteiger partial charge in [0.25, 0.3) is 0 Å². The van der Waals surface area contributed by atoms with Crippen LogP contribution in [0.15, 0.2) is 39.6 Å². The summed E-state index contributed by atoms with van der Waals surface area (Å²) in [6, 6.07) is 5.60. The van der Waals surface area contributed by atoms with Gasteiger partial charge >= 0.3 is 0 Å². The monoisotopic (exact) mass is 300 g/mol. The summed E-state index contributed by atoms with van der Waals surface area (Å²) in [5, 5.41) is 10.2. The first-order valence-electron chi connectivity index (χ1n) is 4.88. The van der Waals surface area contributed by atoms with Crippen molar-refractivity contribution in [3.8, 4) is 5.75 Å². The van der Waals surface area contributed by atoms with Crippen molar-refractivity contribution in [3.63, 3.8) is 0 Å². The van der Waals surface area contributed by atoms with Gasteiger partial charge in [-0.3, -0.25) is 0 Å². The maximum atomic E-state index is 13.2. The molecule has 1 aromatic carbocycles. The van der Waals surface area contributed by atoms with E-state index in [9.17, 15) is 9.50 Å². The van der Waals surface area contributed by atoms with Crippen LogP contribution >= 0.6 is 15.9 Å². The Morgan fingerprint density at radius 1 is 1.35 bits per heavy atom. The third-order valence-corrected chi connectivity index (χ3v) is 3.07. The van der Waals surface area contributed by atoms with Crippen LogP contribution in [-0.4, -0.2) is 12.2 Å². The number of aliphatic hydroxyl groups is 1. The maximum Gasteiger partial charge on any atom is 0.175 e. The van der Waals surface area contributed by atoms with Gasteiger partial charge in [-0.25, -0.2) is 4.39 Å². The highest BCUT2D eigenvalue weighted by atomic mass is 79.9. The molecule has 1 atom stereocenters. The minimum Gasteiger partial charge on any atom is -0.496 e. The largest absolute Gasteiger partial charge is 0.496 e. The van der Waals surface area contributed by atoms with Crippen LogP contribution in [0.25, 0.3) is 0 Å². The number of methoxy groups -OCH3 is 1. The number of rotatable bonds is 3. The van der Waals surface area contributed by atoms with Crippen molar-refractivity contribution in [3.05, 3.63) is 52.1 Å². The molecule has 0 radical (unpaired) electrons. The topological polar surface area (TPSA) is 42.6 Å². The first-order valence-corrected chi connectivity index (χ1v) is 5.67. The Bertz CT molecular complexity index is 524. The quantitative estimate of drug-likeness (QED) is 0.946. The number of halogens is 2. The van der Waals surface area contributed by atoms with Crippen LogP contribution in [0.1, 0.15) is 17.2 Å². The fourth-order valence-electron chi connectivity index (χ4n) is 1.59. The highest BCUT2D eigenvalue weighted by Gasteiger charge is 2.20. The molecule has 17 heavy (non-hydrogen) atoms. The summed E-state index contributed by atoms with van der Waals surface area (Å²) in [6.07, 6.45) is 0.433. The van der Waals surface area contributed by atoms with Crippen molar-refractivity contribution in [1.82, 2.24) is 0 Å². The highest BCUT2D eigenvalue weighted by molar-refractivity contribution is 9.10. The van der Waals surface area contributed by atoms with Crippen molar-refractivity contribution in [2.45, 2.75) is 6.10 Å². The van der Waals surface area contributed by atoms with E-state index in [-0.39, 0.29) is 0 Å². The summed E-state index contributed by atoms with van der Waals surface area (Å²) in [5.41, 5.74) is 0.878. The van der Waals surface area contributed by atoms with Gasteiger partial charge in [-0.2, -0.15) is 0 Å². The molecule has 3 nitrogen and oxygen atoms in total. The summed E-state index contributed by atoms with van der Waals surface area (Å²) in [6.45, 7) is 0. The molecule has 0 saturated carbocycles. The minimum atomic E-state index is -1.01. The molecule has 2 aromatic rings. The Labute approximate surface area is 106 Å². The lowest BCUT2D eigenvalue weighted by atomic mass is 10.0. The average molecular weight is 301 g/mol. The lowest BCUT2D eigenvalue weighted by Crippen LogP contribution is -2.02. The fourth-order valence-corrected chi connectivity index (χ4v) is 2.04. The summed E-state index contributed by atoms with van der Waals surface area (Å²) in [4.78, 5) is 0. The smallest absolute Gasteiger partial charge is 0.175 e. The van der Waals surface area contributed by atoms with Crippen LogP contribution in [0.3, 0.4) is 0 Å². The standard InChI is InChI=1S/C12H10BrFO3/c1-16-10-3-2-7(14)6-9(10)11(15)8-4-5-17-12(8)13/h2-6,11,15H,1H3. The molecule has 90 valence electrons. The van der Waals surface area contributed by atoms with Gasteiger partial charge in [-0.1, -0.05) is 0 Å². The summed E-state index contributed by atoms with van der Waals surface area (Å²) < 4.78 is 23.7. The van der Waals surface area contributed by atoms with E-state index in [0.717, 1.165) is 0 Å². The predicted molar refractivity (Wildman–Crippen MR) is 63.4 cm³/mol. The van der Waals surface area contributed by atoms with Gasteiger partial charge in [0.1, 0.15) is 17.7 Å². The van der Waals surface area contributed by atoms with E-state index >= 15 is 0 Å². The van der Waals surface area contributed by atoms with Gasteiger partial charge in [0, 0.05) is 11.1 Å². The molecule has 1 heterocycles. The van der Waals surface area contributed by atoms with Crippen LogP contribution in [0.5, 0.6) is 5.75 Å². The molecule has 0 spiro atoms. The van der Waals surface area contributed by atoms with Gasteiger partial charge in [0.05, 0.1) is 13.4 Å². The van der Waals surface area contributed by atoms with E-state index in [1.165, 1.54) is 31.6 Å². The van der Waals surface area contributed by atoms with Gasteiger partial charge < -0.3 is 14.3 Å². The van der Waals surface area contributed by atoms with Crippen LogP contribution in [0.4, 0.5) is 4.39 Å². The first kappa shape index (κ1) is 12.1. The van der Waals surface area contributed by atoms with Crippen LogP contribution in [0, 0.1) is 5.82 Å². The molecule has 0 aliphatic carbocycles. The fraction of sp³-hybridized carbons (Fsp3) is 0.167. The van der Waals surface area contributed by atoms with Crippen molar-refractivity contribution >= 4 is 15.9 Å². The van der Waals surface area contributed by atoms with Crippen molar-refractivity contribution in [1.29, 1.82) is 0 Å². The second-order valence-electron chi connectivity index (χ2n) is 3.44. The third-order valence-electron chi connectivity index (χ3n) is 2.43. The average Bonchev–Trinajstić information content (AvgIpc) is 2.74. The van der Waals surface area contributed by atoms with Gasteiger partial charge in [0.15, 0.2) is 4.67 Å². The Morgan fingerprint density at radius 3 is 2.71 bits per heavy atom. The van der Waals surface area contributed by atoms with E-state index in [0.29, 0.717) is 21.5 Å². The lowest BCUT2D eigenvalue weighted by Gasteiger charge is -2.13. The van der Waals surface area contributed by atoms with Gasteiger partial charge in [0.2, 0.25) is 0 Å². The van der Waals surface area contributed by atoms with E-state index < -0.39 is 11.9 Å². The molecule has 2 rings (SSSR count). The van der Waals surface area contributed by atoms with Crippen molar-refractivity contribution < 1.29 is 18.7 Å². The number of hydrogen-bond donors (Lipinski definition) is 1. The number of aliphatic hydroxyl groups excluding tert-OH is 1. The van der Waals surface area contributed by atoms with Crippen molar-refractivity contribution in [2.75, 3.05) is 7.11 Å². The van der Waals surface area contributed by atoms with Crippen LogP contribution in [0.2, 0.25) is 0 Å². The molecule has 0 bridgehead atoms. The lowest BCUT2D eigenvalue weighted by molar-refractivity contribution is 0.212. The van der Waals surface area contributed by atoms with E-state index in [2.05, 4.69) is 15.9 Å². The number of hydrogen-bond acceptors (Lipinski definition) is 3. The zero-order valence-electron chi connectivity index (χ0n) is 8.98. The molecular weight excluding hydrogens is 291 g/mol. The second kappa shape index (κ2) is 4.89. The molecule has 1 aromatic heterocycles. The molecular formula is C12H10BrFO3. The maximum absolute atomic E-state index is 13.2. The predicted octanol–water partition coefficient (Wildman–Crippen LogP) is 3.27. The second-order valence-corrected chi connectivity index (χ2v) is 4.16. The Kier molecular flexibility index (Phi) is 3.49. The van der Waals surface area contributed by atoms with Gasteiger partial charge in [-0.15, -0.1) is 0 Å². The zero-order valence-corrected chi connectivity index (χ0v) is 10.6. The molecule has 5 heteroatoms. The summed E-state index contributed by atoms with van der Waals surface area (Å²) >= 11 is 3.17. The summed E-state index contributed by atoms with van der Waals surface area (Å²) in [5.74, 6) is -0.00790. The molecule has 0 aliphatic heterocycles. The molecule has 0 aliphatic rings. The summed E-state index contributed by atoms with van der Waals surface area (Å²) in [7, 11) is 1.47. The number of ether oxygens (including phenoxy) is 1. The normalized spacial score (nSPS) is 12.5. The highest BCUT2D eigenvalue weighted by Crippen LogP contribution is 2.34. The molecule has 0 amide bonds. The number of benzene rings is 1. The number of furan rings is 1. The SMILES string of the molecule is COc1ccc(F)cc1C(O)c1ccoc1Br. The van der Waals surface area contributed by atoms with E-state index in [4.69, 9.17) is 9.15 Å². The Balaban J connectivity index is 2.46. The third kappa shape index (κ3) is 2.35. The molecule has 0 saturated heterocycles. The molecule has 0 fully saturated rings. The molecule has 1 unspecified atom stereocenters. The van der Waals surface area contributed by atoms with E-state index in [1.54, 1.807) is 6.07 Å². The van der Waals surface area contributed by atoms with Crippen molar-refractivity contribution in [2.24, 2.45) is 0 Å². The van der Waals surface area contributed by atoms with Crippen LogP contribution < -0.4 is 4.74 Å². The first-order chi connectivity index (χ1) is 8.13. The Hall–Kier alpha value is -1.33. The zero-order chi connectivity index (χ0) is 12.4. The molecule has 1 N–H and O–H groups in total. The minimum absolute atomic E-state index is 0.356.